The Hall–Kier alpha value is -1.57. The molecule has 2 aliphatic rings. The van der Waals surface area contributed by atoms with Crippen LogP contribution in [0.2, 0.25) is 0 Å². The predicted molar refractivity (Wildman–Crippen MR) is 132 cm³/mol. The molecule has 33 heavy (non-hydrogen) atoms. The smallest absolute Gasteiger partial charge is 0.241 e. The number of ether oxygens (including phenoxy) is 2. The number of hydrogen-bond acceptors (Lipinski definition) is 9. The SMILES string of the molecule is C=C1CSC(Cl)C(NS(=O)(=O)c2ccc3c(c2)N(CCOC)C(=C(C#N)C#N)O3)C(Cl)SC1. The summed E-state index contributed by atoms with van der Waals surface area (Å²) in [6.45, 7) is 4.46. The van der Waals surface area contributed by atoms with Gasteiger partial charge in [-0.05, 0) is 18.2 Å². The van der Waals surface area contributed by atoms with Crippen LogP contribution in [0.5, 0.6) is 5.75 Å². The van der Waals surface area contributed by atoms with E-state index in [1.807, 2.05) is 0 Å². The summed E-state index contributed by atoms with van der Waals surface area (Å²) in [5.74, 6) is 1.58. The maximum atomic E-state index is 13.2. The lowest BCUT2D eigenvalue weighted by Crippen LogP contribution is -2.45. The Morgan fingerprint density at radius 3 is 2.52 bits per heavy atom. The fraction of sp³-hybridized carbons (Fsp3) is 0.400. The Morgan fingerprint density at radius 1 is 1.30 bits per heavy atom. The van der Waals surface area contributed by atoms with Crippen molar-refractivity contribution in [1.82, 2.24) is 4.72 Å². The molecule has 0 bridgehead atoms. The number of anilines is 1. The van der Waals surface area contributed by atoms with E-state index in [0.717, 1.165) is 5.57 Å². The topological polar surface area (TPSA) is 115 Å². The van der Waals surface area contributed by atoms with E-state index in [9.17, 15) is 18.9 Å². The number of thioether (sulfide) groups is 2. The van der Waals surface area contributed by atoms with Gasteiger partial charge < -0.3 is 14.4 Å². The molecule has 2 heterocycles. The molecule has 0 amide bonds. The molecular weight excluding hydrogens is 527 g/mol. The number of rotatable bonds is 6. The molecule has 1 saturated heterocycles. The first-order valence-electron chi connectivity index (χ1n) is 9.55. The van der Waals surface area contributed by atoms with Gasteiger partial charge in [0.25, 0.3) is 0 Å². The monoisotopic (exact) mass is 546 g/mol. The van der Waals surface area contributed by atoms with Crippen LogP contribution in [0.15, 0.2) is 46.7 Å². The van der Waals surface area contributed by atoms with Crippen molar-refractivity contribution in [3.8, 4) is 17.9 Å². The highest BCUT2D eigenvalue weighted by Gasteiger charge is 2.36. The van der Waals surface area contributed by atoms with E-state index in [-0.39, 0.29) is 29.5 Å². The molecule has 176 valence electrons. The van der Waals surface area contributed by atoms with Crippen molar-refractivity contribution in [1.29, 1.82) is 10.5 Å². The van der Waals surface area contributed by atoms with E-state index in [1.165, 1.54) is 48.8 Å². The number of benzene rings is 1. The van der Waals surface area contributed by atoms with Crippen LogP contribution in [0.4, 0.5) is 5.69 Å². The van der Waals surface area contributed by atoms with Crippen molar-refractivity contribution in [3.63, 3.8) is 0 Å². The lowest BCUT2D eigenvalue weighted by Gasteiger charge is -2.29. The third-order valence-electron chi connectivity index (χ3n) is 4.69. The summed E-state index contributed by atoms with van der Waals surface area (Å²) >= 11 is 15.7. The summed E-state index contributed by atoms with van der Waals surface area (Å²) in [7, 11) is -2.50. The van der Waals surface area contributed by atoms with Gasteiger partial charge in [0.1, 0.15) is 12.1 Å². The first-order valence-corrected chi connectivity index (χ1v) is 14.0. The highest BCUT2D eigenvalue weighted by Crippen LogP contribution is 2.41. The van der Waals surface area contributed by atoms with Crippen molar-refractivity contribution in [3.05, 3.63) is 41.8 Å². The number of fused-ring (bicyclic) bond motifs is 1. The molecule has 0 aliphatic carbocycles. The molecule has 0 radical (unpaired) electrons. The third-order valence-corrected chi connectivity index (χ3v) is 9.82. The maximum Gasteiger partial charge on any atom is 0.241 e. The average molecular weight is 548 g/mol. The number of nitriles is 2. The van der Waals surface area contributed by atoms with Crippen LogP contribution in [0.3, 0.4) is 0 Å². The summed E-state index contributed by atoms with van der Waals surface area (Å²) in [4.78, 5) is 1.51. The highest BCUT2D eigenvalue weighted by atomic mass is 35.5. The number of methoxy groups -OCH3 is 1. The zero-order valence-electron chi connectivity index (χ0n) is 17.5. The molecule has 1 fully saturated rings. The fourth-order valence-electron chi connectivity index (χ4n) is 3.06. The first-order chi connectivity index (χ1) is 15.7. The van der Waals surface area contributed by atoms with E-state index >= 15 is 0 Å². The number of hydrogen-bond donors (Lipinski definition) is 1. The van der Waals surface area contributed by atoms with Gasteiger partial charge in [0.15, 0.2) is 11.3 Å². The molecule has 1 aromatic carbocycles. The van der Waals surface area contributed by atoms with Crippen molar-refractivity contribution in [2.75, 3.05) is 36.7 Å². The molecule has 0 aromatic heterocycles. The molecule has 3 rings (SSSR count). The standard InChI is InChI=1S/C20H20Cl2N4O4S3/c1-12-10-31-18(21)17(19(22)32-11-12)25-33(27,28)14-3-4-16-15(7-14)26(5-6-29-2)20(30-16)13(8-23)9-24/h3-4,7,17-19,25H,1,5-6,10-11H2,2H3. The zero-order chi connectivity index (χ0) is 24.2. The van der Waals surface area contributed by atoms with Crippen LogP contribution >= 0.6 is 46.7 Å². The molecule has 1 N–H and O–H groups in total. The second-order valence-electron chi connectivity index (χ2n) is 7.00. The number of alkyl halides is 2. The summed E-state index contributed by atoms with van der Waals surface area (Å²) in [6, 6.07) is 7.15. The number of allylic oxidation sites excluding steroid dienone is 1. The van der Waals surface area contributed by atoms with Crippen LogP contribution in [0, 0.1) is 22.7 Å². The van der Waals surface area contributed by atoms with Crippen LogP contribution in [-0.4, -0.2) is 55.6 Å². The number of sulfonamides is 1. The molecule has 2 aliphatic heterocycles. The van der Waals surface area contributed by atoms with Crippen molar-refractivity contribution < 1.29 is 17.9 Å². The lowest BCUT2D eigenvalue weighted by atomic mass is 10.2. The Balaban J connectivity index is 1.93. The van der Waals surface area contributed by atoms with Crippen LogP contribution in [-0.2, 0) is 14.8 Å². The minimum absolute atomic E-state index is 0.0295. The number of nitrogens with one attached hydrogen (secondary N) is 1. The number of nitrogens with zero attached hydrogens (tertiary/aromatic N) is 3. The Morgan fingerprint density at radius 2 is 1.94 bits per heavy atom. The molecular formula is C20H20Cl2N4O4S3. The normalized spacial score (nSPS) is 23.1. The van der Waals surface area contributed by atoms with Gasteiger partial charge in [-0.25, -0.2) is 13.1 Å². The van der Waals surface area contributed by atoms with Gasteiger partial charge in [0.05, 0.1) is 32.6 Å². The molecule has 2 unspecified atom stereocenters. The van der Waals surface area contributed by atoms with E-state index in [0.29, 0.717) is 22.9 Å². The largest absolute Gasteiger partial charge is 0.436 e. The highest BCUT2D eigenvalue weighted by molar-refractivity contribution is 8.03. The summed E-state index contributed by atoms with van der Waals surface area (Å²) in [6.07, 6.45) is 0. The predicted octanol–water partition coefficient (Wildman–Crippen LogP) is 3.60. The second-order valence-corrected chi connectivity index (χ2v) is 12.4. The van der Waals surface area contributed by atoms with Gasteiger partial charge in [0.2, 0.25) is 15.9 Å². The lowest BCUT2D eigenvalue weighted by molar-refractivity contribution is 0.205. The molecule has 13 heteroatoms. The van der Waals surface area contributed by atoms with Crippen LogP contribution in [0.25, 0.3) is 0 Å². The van der Waals surface area contributed by atoms with E-state index in [2.05, 4.69) is 11.3 Å². The molecule has 1 aromatic rings. The van der Waals surface area contributed by atoms with Gasteiger partial charge in [-0.1, -0.05) is 12.2 Å². The average Bonchev–Trinajstić information content (AvgIpc) is 3.15. The number of halogens is 2. The summed E-state index contributed by atoms with van der Waals surface area (Å²) in [5.41, 5.74) is 1.15. The Kier molecular flexibility index (Phi) is 8.87. The summed E-state index contributed by atoms with van der Waals surface area (Å²) < 4.78 is 38.7. The van der Waals surface area contributed by atoms with Gasteiger partial charge in [0, 0.05) is 25.2 Å². The van der Waals surface area contributed by atoms with Gasteiger partial charge >= 0.3 is 0 Å². The van der Waals surface area contributed by atoms with E-state index in [1.54, 1.807) is 17.0 Å². The van der Waals surface area contributed by atoms with Gasteiger partial charge in [-0.15, -0.1) is 46.7 Å². The minimum Gasteiger partial charge on any atom is -0.436 e. The fourth-order valence-corrected chi connectivity index (χ4v) is 7.79. The van der Waals surface area contributed by atoms with Gasteiger partial charge in [-0.2, -0.15) is 10.5 Å². The first kappa shape index (κ1) is 26.0. The second kappa shape index (κ2) is 11.2. The van der Waals surface area contributed by atoms with Gasteiger partial charge in [-0.3, -0.25) is 0 Å². The Labute approximate surface area is 211 Å². The molecule has 8 nitrogen and oxygen atoms in total. The Bertz CT molecular complexity index is 1110. The quantitative estimate of drug-likeness (QED) is 0.324. The molecule has 0 spiro atoms. The maximum absolute atomic E-state index is 13.2. The van der Waals surface area contributed by atoms with Crippen molar-refractivity contribution >= 4 is 62.4 Å². The minimum atomic E-state index is -4.01. The van der Waals surface area contributed by atoms with Crippen LogP contribution in [0.1, 0.15) is 0 Å². The van der Waals surface area contributed by atoms with Crippen molar-refractivity contribution in [2.24, 2.45) is 0 Å². The summed E-state index contributed by atoms with van der Waals surface area (Å²) in [5, 5.41) is 18.6. The zero-order valence-corrected chi connectivity index (χ0v) is 21.4. The van der Waals surface area contributed by atoms with E-state index in [4.69, 9.17) is 32.7 Å². The van der Waals surface area contributed by atoms with E-state index < -0.39 is 25.5 Å². The molecule has 2 atom stereocenters. The van der Waals surface area contributed by atoms with Crippen LogP contribution < -0.4 is 14.4 Å². The third kappa shape index (κ3) is 5.92. The molecule has 0 saturated carbocycles. The van der Waals surface area contributed by atoms with Crippen molar-refractivity contribution in [2.45, 2.75) is 20.4 Å².